The Morgan fingerprint density at radius 1 is 1.33 bits per heavy atom. The summed E-state index contributed by atoms with van der Waals surface area (Å²) in [6.07, 6.45) is 2.90. The number of aromatic nitrogens is 2. The van der Waals surface area contributed by atoms with Crippen molar-refractivity contribution in [3.05, 3.63) is 41.7 Å². The molecule has 1 unspecified atom stereocenters. The number of rotatable bonds is 4. The summed E-state index contributed by atoms with van der Waals surface area (Å²) in [5.74, 6) is 0.596. The first-order valence-corrected chi connectivity index (χ1v) is 6.77. The van der Waals surface area contributed by atoms with E-state index >= 15 is 0 Å². The zero-order valence-corrected chi connectivity index (χ0v) is 11.4. The Labute approximate surface area is 111 Å². The fourth-order valence-corrected chi connectivity index (χ4v) is 2.25. The Balaban J connectivity index is 2.34. The van der Waals surface area contributed by atoms with Gasteiger partial charge in [0, 0.05) is 11.9 Å². The van der Waals surface area contributed by atoms with Gasteiger partial charge in [0.15, 0.2) is 5.75 Å². The maximum absolute atomic E-state index is 10.4. The molecule has 1 atom stereocenters. The van der Waals surface area contributed by atoms with Gasteiger partial charge in [0.25, 0.3) is 0 Å². The lowest BCUT2D eigenvalue weighted by Crippen LogP contribution is -2.08. The second kappa shape index (κ2) is 5.46. The van der Waals surface area contributed by atoms with Crippen LogP contribution >= 0.6 is 11.8 Å². The molecule has 5 heteroatoms. The number of methoxy groups -OCH3 is 1. The zero-order chi connectivity index (χ0) is 13.1. The number of benzene rings is 1. The van der Waals surface area contributed by atoms with E-state index in [9.17, 15) is 5.11 Å². The highest BCUT2D eigenvalue weighted by Crippen LogP contribution is 2.30. The highest BCUT2D eigenvalue weighted by atomic mass is 32.2. The largest absolute Gasteiger partial charge is 0.493 e. The summed E-state index contributed by atoms with van der Waals surface area (Å²) in [4.78, 5) is 1.17. The molecule has 2 aromatic rings. The molecule has 0 aliphatic heterocycles. The maximum atomic E-state index is 10.4. The maximum Gasteiger partial charge on any atom is 0.162 e. The van der Waals surface area contributed by atoms with E-state index in [0.29, 0.717) is 11.4 Å². The van der Waals surface area contributed by atoms with Gasteiger partial charge in [0.05, 0.1) is 13.3 Å². The number of hydrogen-bond donors (Lipinski definition) is 1. The van der Waals surface area contributed by atoms with Crippen LogP contribution in [-0.2, 0) is 7.05 Å². The first-order valence-electron chi connectivity index (χ1n) is 5.55. The average Bonchev–Trinajstić information content (AvgIpc) is 2.79. The van der Waals surface area contributed by atoms with E-state index in [-0.39, 0.29) is 0 Å². The van der Waals surface area contributed by atoms with E-state index in [4.69, 9.17) is 4.74 Å². The van der Waals surface area contributed by atoms with Gasteiger partial charge in [-0.1, -0.05) is 12.1 Å². The molecule has 2 rings (SSSR count). The molecule has 4 nitrogen and oxygen atoms in total. The van der Waals surface area contributed by atoms with Gasteiger partial charge in [-0.2, -0.15) is 5.10 Å². The molecule has 1 N–H and O–H groups in total. The minimum atomic E-state index is -0.733. The van der Waals surface area contributed by atoms with Crippen molar-refractivity contribution in [2.75, 3.05) is 13.4 Å². The predicted octanol–water partition coefficient (Wildman–Crippen LogP) is 2.23. The van der Waals surface area contributed by atoms with Crippen molar-refractivity contribution in [2.45, 2.75) is 11.0 Å². The van der Waals surface area contributed by atoms with Crippen LogP contribution in [0.25, 0.3) is 0 Å². The van der Waals surface area contributed by atoms with E-state index in [1.165, 1.54) is 4.90 Å². The number of hydrogen-bond acceptors (Lipinski definition) is 4. The summed E-state index contributed by atoms with van der Waals surface area (Å²) >= 11 is 1.67. The van der Waals surface area contributed by atoms with Crippen LogP contribution < -0.4 is 4.74 Å². The Hall–Kier alpha value is -1.46. The number of nitrogens with zero attached hydrogens (tertiary/aromatic N) is 2. The fourth-order valence-electron chi connectivity index (χ4n) is 1.84. The molecule has 1 heterocycles. The molecule has 0 fully saturated rings. The molecule has 18 heavy (non-hydrogen) atoms. The molecular weight excluding hydrogens is 248 g/mol. The van der Waals surface area contributed by atoms with Gasteiger partial charge < -0.3 is 9.84 Å². The molecule has 0 radical (unpaired) electrons. The lowest BCUT2D eigenvalue weighted by Gasteiger charge is -2.13. The first-order chi connectivity index (χ1) is 8.67. The third kappa shape index (κ3) is 2.37. The molecule has 0 saturated carbocycles. The number of ether oxygens (including phenoxy) is 1. The molecule has 0 bridgehead atoms. The van der Waals surface area contributed by atoms with Crippen LogP contribution in [-0.4, -0.2) is 28.3 Å². The standard InChI is InChI=1S/C13H16N2O2S/c1-15-12(11(17-2)8-14-15)13(16)9-4-6-10(18-3)7-5-9/h4-8,13,16H,1-3H3. The predicted molar refractivity (Wildman–Crippen MR) is 72.0 cm³/mol. The Bertz CT molecular complexity index is 522. The van der Waals surface area contributed by atoms with Gasteiger partial charge in [-0.05, 0) is 24.0 Å². The molecule has 1 aromatic heterocycles. The molecule has 0 amide bonds. The Kier molecular flexibility index (Phi) is 3.93. The molecule has 1 aromatic carbocycles. The lowest BCUT2D eigenvalue weighted by molar-refractivity contribution is 0.204. The topological polar surface area (TPSA) is 47.3 Å². The van der Waals surface area contributed by atoms with Gasteiger partial charge in [-0.3, -0.25) is 4.68 Å². The SMILES string of the molecule is COc1cnn(C)c1C(O)c1ccc(SC)cc1. The van der Waals surface area contributed by atoms with Crippen molar-refractivity contribution in [2.24, 2.45) is 7.05 Å². The summed E-state index contributed by atoms with van der Waals surface area (Å²) in [6.45, 7) is 0. The third-order valence-corrected chi connectivity index (χ3v) is 3.60. The van der Waals surface area contributed by atoms with Gasteiger partial charge in [0.2, 0.25) is 0 Å². The molecular formula is C13H16N2O2S. The zero-order valence-electron chi connectivity index (χ0n) is 10.6. The molecule has 0 saturated heterocycles. The van der Waals surface area contributed by atoms with E-state index in [0.717, 1.165) is 5.56 Å². The lowest BCUT2D eigenvalue weighted by atomic mass is 10.1. The van der Waals surface area contributed by atoms with E-state index < -0.39 is 6.10 Å². The van der Waals surface area contributed by atoms with E-state index in [2.05, 4.69) is 5.10 Å². The number of aryl methyl sites for hydroxylation is 1. The van der Waals surface area contributed by atoms with Crippen molar-refractivity contribution < 1.29 is 9.84 Å². The molecule has 0 aliphatic rings. The minimum Gasteiger partial charge on any atom is -0.493 e. The van der Waals surface area contributed by atoms with Crippen molar-refractivity contribution >= 4 is 11.8 Å². The van der Waals surface area contributed by atoms with Crippen LogP contribution in [0.15, 0.2) is 35.4 Å². The van der Waals surface area contributed by atoms with Crippen molar-refractivity contribution in [3.8, 4) is 5.75 Å². The Morgan fingerprint density at radius 2 is 2.00 bits per heavy atom. The number of aliphatic hydroxyl groups excluding tert-OH is 1. The van der Waals surface area contributed by atoms with Crippen molar-refractivity contribution in [3.63, 3.8) is 0 Å². The monoisotopic (exact) mass is 264 g/mol. The van der Waals surface area contributed by atoms with E-state index in [1.807, 2.05) is 30.5 Å². The highest BCUT2D eigenvalue weighted by molar-refractivity contribution is 7.98. The van der Waals surface area contributed by atoms with Crippen LogP contribution in [0.3, 0.4) is 0 Å². The quantitative estimate of drug-likeness (QED) is 0.860. The summed E-state index contributed by atoms with van der Waals surface area (Å²) in [5, 5.41) is 14.5. The van der Waals surface area contributed by atoms with Gasteiger partial charge in [-0.25, -0.2) is 0 Å². The van der Waals surface area contributed by atoms with E-state index in [1.54, 1.807) is 36.8 Å². The van der Waals surface area contributed by atoms with Gasteiger partial charge in [-0.15, -0.1) is 11.8 Å². The van der Waals surface area contributed by atoms with Crippen molar-refractivity contribution in [1.29, 1.82) is 0 Å². The van der Waals surface area contributed by atoms with Crippen LogP contribution in [0.5, 0.6) is 5.75 Å². The smallest absolute Gasteiger partial charge is 0.162 e. The number of thioether (sulfide) groups is 1. The summed E-state index contributed by atoms with van der Waals surface area (Å²) in [7, 11) is 3.36. The Morgan fingerprint density at radius 3 is 2.56 bits per heavy atom. The third-order valence-electron chi connectivity index (χ3n) is 2.86. The second-order valence-corrected chi connectivity index (χ2v) is 4.78. The summed E-state index contributed by atoms with van der Waals surface area (Å²) in [6, 6.07) is 7.82. The average molecular weight is 264 g/mol. The van der Waals surface area contributed by atoms with Gasteiger partial charge >= 0.3 is 0 Å². The summed E-state index contributed by atoms with van der Waals surface area (Å²) in [5.41, 5.74) is 1.49. The second-order valence-electron chi connectivity index (χ2n) is 3.90. The summed E-state index contributed by atoms with van der Waals surface area (Å²) < 4.78 is 6.84. The minimum absolute atomic E-state index is 0.596. The molecule has 0 spiro atoms. The van der Waals surface area contributed by atoms with Crippen LogP contribution in [0.2, 0.25) is 0 Å². The van der Waals surface area contributed by atoms with Crippen LogP contribution in [0, 0.1) is 0 Å². The van der Waals surface area contributed by atoms with Crippen LogP contribution in [0.1, 0.15) is 17.4 Å². The molecule has 96 valence electrons. The fraction of sp³-hybridized carbons (Fsp3) is 0.308. The highest BCUT2D eigenvalue weighted by Gasteiger charge is 2.19. The van der Waals surface area contributed by atoms with Gasteiger partial charge in [0.1, 0.15) is 11.8 Å². The molecule has 0 aliphatic carbocycles. The number of aliphatic hydroxyl groups is 1. The first kappa shape index (κ1) is 13.0. The van der Waals surface area contributed by atoms with Crippen LogP contribution in [0.4, 0.5) is 0 Å². The van der Waals surface area contributed by atoms with Crippen molar-refractivity contribution in [1.82, 2.24) is 9.78 Å². The normalized spacial score (nSPS) is 12.4.